The molecule has 4 nitrogen and oxygen atoms in total. The number of anilines is 1. The third kappa shape index (κ3) is 3.65. The highest BCUT2D eigenvalue weighted by atomic mass is 16.5. The zero-order valence-corrected chi connectivity index (χ0v) is 12.1. The van der Waals surface area contributed by atoms with Gasteiger partial charge in [0.15, 0.2) is 0 Å². The quantitative estimate of drug-likeness (QED) is 0.866. The average molecular weight is 277 g/mol. The molecule has 0 radical (unpaired) electrons. The van der Waals surface area contributed by atoms with E-state index in [1.807, 2.05) is 24.3 Å². The zero-order valence-electron chi connectivity index (χ0n) is 12.1. The molecule has 2 rings (SSSR count). The number of rotatable bonds is 5. The molecule has 0 saturated heterocycles. The highest BCUT2D eigenvalue weighted by molar-refractivity contribution is 5.77. The Kier molecular flexibility index (Phi) is 4.88. The summed E-state index contributed by atoms with van der Waals surface area (Å²) in [5, 5.41) is 12.6. The van der Waals surface area contributed by atoms with E-state index < -0.39 is 12.0 Å². The molecule has 1 atom stereocenters. The fraction of sp³-hybridized carbons (Fsp3) is 0.562. The number of carboxylic acids is 1. The summed E-state index contributed by atoms with van der Waals surface area (Å²) in [5.74, 6) is 0.946. The van der Waals surface area contributed by atoms with Crippen molar-refractivity contribution in [3.05, 3.63) is 24.3 Å². The van der Waals surface area contributed by atoms with E-state index in [-0.39, 0.29) is 5.92 Å². The molecule has 0 aromatic heterocycles. The minimum Gasteiger partial charge on any atom is -0.497 e. The van der Waals surface area contributed by atoms with E-state index in [0.717, 1.165) is 43.0 Å². The molecule has 1 saturated carbocycles. The number of benzene rings is 1. The first-order valence-electron chi connectivity index (χ1n) is 7.23. The van der Waals surface area contributed by atoms with Crippen LogP contribution >= 0.6 is 0 Å². The monoisotopic (exact) mass is 277 g/mol. The van der Waals surface area contributed by atoms with Crippen LogP contribution in [0, 0.1) is 11.8 Å². The summed E-state index contributed by atoms with van der Waals surface area (Å²) in [6.07, 6.45) is 4.22. The van der Waals surface area contributed by atoms with Gasteiger partial charge in [-0.2, -0.15) is 0 Å². The van der Waals surface area contributed by atoms with Crippen LogP contribution in [-0.2, 0) is 4.79 Å². The Morgan fingerprint density at radius 2 is 1.85 bits per heavy atom. The standard InChI is InChI=1S/C16H23NO3/c1-11-3-5-12(6-4-11)15(16(18)19)17-13-7-9-14(20-2)10-8-13/h7-12,15,17H,3-6H2,1-2H3,(H,18,19). The third-order valence-corrected chi connectivity index (χ3v) is 4.21. The van der Waals surface area contributed by atoms with Crippen LogP contribution in [0.15, 0.2) is 24.3 Å². The van der Waals surface area contributed by atoms with Crippen LogP contribution in [0.4, 0.5) is 5.69 Å². The van der Waals surface area contributed by atoms with E-state index >= 15 is 0 Å². The molecular weight excluding hydrogens is 254 g/mol. The molecule has 1 unspecified atom stereocenters. The van der Waals surface area contributed by atoms with Gasteiger partial charge < -0.3 is 15.2 Å². The van der Waals surface area contributed by atoms with Gasteiger partial charge in [-0.25, -0.2) is 4.79 Å². The summed E-state index contributed by atoms with van der Waals surface area (Å²) in [6.45, 7) is 2.24. The molecular formula is C16H23NO3. The second kappa shape index (κ2) is 6.64. The maximum absolute atomic E-state index is 11.5. The van der Waals surface area contributed by atoms with E-state index in [2.05, 4.69) is 12.2 Å². The van der Waals surface area contributed by atoms with Crippen molar-refractivity contribution in [2.45, 2.75) is 38.6 Å². The molecule has 0 aliphatic heterocycles. The Balaban J connectivity index is 2.03. The number of ether oxygens (including phenoxy) is 1. The maximum Gasteiger partial charge on any atom is 0.326 e. The first kappa shape index (κ1) is 14.7. The van der Waals surface area contributed by atoms with Crippen LogP contribution in [0.3, 0.4) is 0 Å². The minimum atomic E-state index is -0.764. The van der Waals surface area contributed by atoms with Crippen LogP contribution in [0.2, 0.25) is 0 Å². The highest BCUT2D eigenvalue weighted by Crippen LogP contribution is 2.32. The predicted octanol–water partition coefficient (Wildman–Crippen LogP) is 3.39. The van der Waals surface area contributed by atoms with Gasteiger partial charge in [0, 0.05) is 5.69 Å². The number of methoxy groups -OCH3 is 1. The Bertz CT molecular complexity index is 436. The fourth-order valence-corrected chi connectivity index (χ4v) is 2.87. The van der Waals surface area contributed by atoms with Crippen molar-refractivity contribution in [3.63, 3.8) is 0 Å². The summed E-state index contributed by atoms with van der Waals surface area (Å²) in [6, 6.07) is 6.89. The summed E-state index contributed by atoms with van der Waals surface area (Å²) in [4.78, 5) is 11.5. The fourth-order valence-electron chi connectivity index (χ4n) is 2.87. The average Bonchev–Trinajstić information content (AvgIpc) is 2.46. The molecule has 0 heterocycles. The van der Waals surface area contributed by atoms with Crippen LogP contribution in [0.25, 0.3) is 0 Å². The Hall–Kier alpha value is -1.71. The number of carbonyl (C=O) groups is 1. The van der Waals surface area contributed by atoms with Gasteiger partial charge in [-0.1, -0.05) is 19.8 Å². The SMILES string of the molecule is COc1ccc(NC(C(=O)O)C2CCC(C)CC2)cc1. The molecule has 0 amide bonds. The topological polar surface area (TPSA) is 58.6 Å². The first-order chi connectivity index (χ1) is 9.60. The number of aliphatic carboxylic acids is 1. The van der Waals surface area contributed by atoms with Crippen molar-refractivity contribution < 1.29 is 14.6 Å². The first-order valence-corrected chi connectivity index (χ1v) is 7.23. The number of hydrogen-bond acceptors (Lipinski definition) is 3. The zero-order chi connectivity index (χ0) is 14.5. The number of carboxylic acid groups (broad SMARTS) is 1. The van der Waals surface area contributed by atoms with Crippen LogP contribution in [0.5, 0.6) is 5.75 Å². The summed E-state index contributed by atoms with van der Waals surface area (Å²) < 4.78 is 5.11. The van der Waals surface area contributed by atoms with E-state index in [1.165, 1.54) is 0 Å². The van der Waals surface area contributed by atoms with Crippen molar-refractivity contribution in [1.29, 1.82) is 0 Å². The molecule has 0 bridgehead atoms. The van der Waals surface area contributed by atoms with Crippen molar-refractivity contribution >= 4 is 11.7 Å². The lowest BCUT2D eigenvalue weighted by atomic mass is 9.79. The van der Waals surface area contributed by atoms with Crippen LogP contribution < -0.4 is 10.1 Å². The largest absolute Gasteiger partial charge is 0.497 e. The van der Waals surface area contributed by atoms with Gasteiger partial charge in [-0.05, 0) is 48.9 Å². The van der Waals surface area contributed by atoms with Gasteiger partial charge in [0.05, 0.1) is 7.11 Å². The molecule has 4 heteroatoms. The highest BCUT2D eigenvalue weighted by Gasteiger charge is 2.30. The Morgan fingerprint density at radius 3 is 2.35 bits per heavy atom. The van der Waals surface area contributed by atoms with E-state index in [4.69, 9.17) is 4.74 Å². The molecule has 20 heavy (non-hydrogen) atoms. The van der Waals surface area contributed by atoms with Gasteiger partial charge >= 0.3 is 5.97 Å². The van der Waals surface area contributed by atoms with Crippen molar-refractivity contribution in [1.82, 2.24) is 0 Å². The Morgan fingerprint density at radius 1 is 1.25 bits per heavy atom. The van der Waals surface area contributed by atoms with Gasteiger partial charge in [0.25, 0.3) is 0 Å². The second-order valence-corrected chi connectivity index (χ2v) is 5.71. The smallest absolute Gasteiger partial charge is 0.326 e. The molecule has 2 N–H and O–H groups in total. The molecule has 1 aliphatic rings. The van der Waals surface area contributed by atoms with Crippen molar-refractivity contribution in [3.8, 4) is 5.75 Å². The van der Waals surface area contributed by atoms with E-state index in [0.29, 0.717) is 0 Å². The van der Waals surface area contributed by atoms with Crippen molar-refractivity contribution in [2.24, 2.45) is 11.8 Å². The third-order valence-electron chi connectivity index (χ3n) is 4.21. The van der Waals surface area contributed by atoms with E-state index in [9.17, 15) is 9.90 Å². The molecule has 0 spiro atoms. The van der Waals surface area contributed by atoms with E-state index in [1.54, 1.807) is 7.11 Å². The lowest BCUT2D eigenvalue weighted by Crippen LogP contribution is -2.38. The van der Waals surface area contributed by atoms with Gasteiger partial charge in [0.1, 0.15) is 11.8 Å². The van der Waals surface area contributed by atoms with Gasteiger partial charge in [0.2, 0.25) is 0 Å². The number of nitrogens with one attached hydrogen (secondary N) is 1. The molecule has 110 valence electrons. The lowest BCUT2D eigenvalue weighted by molar-refractivity contribution is -0.139. The number of hydrogen-bond donors (Lipinski definition) is 2. The summed E-state index contributed by atoms with van der Waals surface area (Å²) in [7, 11) is 1.62. The lowest BCUT2D eigenvalue weighted by Gasteiger charge is -2.31. The predicted molar refractivity (Wildman–Crippen MR) is 79.2 cm³/mol. The minimum absolute atomic E-state index is 0.214. The van der Waals surface area contributed by atoms with Crippen molar-refractivity contribution in [2.75, 3.05) is 12.4 Å². The normalized spacial score (nSPS) is 23.9. The van der Waals surface area contributed by atoms with Crippen LogP contribution in [0.1, 0.15) is 32.6 Å². The van der Waals surface area contributed by atoms with Gasteiger partial charge in [-0.15, -0.1) is 0 Å². The molecule has 1 aromatic carbocycles. The summed E-state index contributed by atoms with van der Waals surface area (Å²) in [5.41, 5.74) is 0.830. The second-order valence-electron chi connectivity index (χ2n) is 5.71. The maximum atomic E-state index is 11.5. The molecule has 1 aliphatic carbocycles. The van der Waals surface area contributed by atoms with Crippen LogP contribution in [-0.4, -0.2) is 24.2 Å². The molecule has 1 aromatic rings. The molecule has 1 fully saturated rings. The Labute approximate surface area is 120 Å². The summed E-state index contributed by atoms with van der Waals surface area (Å²) >= 11 is 0. The van der Waals surface area contributed by atoms with Gasteiger partial charge in [-0.3, -0.25) is 0 Å².